The second-order valence-electron chi connectivity index (χ2n) is 5.68. The number of carbonyl (C=O) groups is 1. The third-order valence-corrected chi connectivity index (χ3v) is 4.17. The predicted molar refractivity (Wildman–Crippen MR) is 65.3 cm³/mol. The van der Waals surface area contributed by atoms with Gasteiger partial charge in [-0.1, -0.05) is 37.8 Å². The lowest BCUT2D eigenvalue weighted by atomic mass is 9.99. The van der Waals surface area contributed by atoms with Gasteiger partial charge in [-0.3, -0.25) is 4.79 Å². The van der Waals surface area contributed by atoms with Gasteiger partial charge >= 0.3 is 5.97 Å². The van der Waals surface area contributed by atoms with E-state index < -0.39 is 8.07 Å². The van der Waals surface area contributed by atoms with E-state index in [2.05, 4.69) is 32.3 Å². The van der Waals surface area contributed by atoms with Gasteiger partial charge in [-0.2, -0.15) is 0 Å². The van der Waals surface area contributed by atoms with E-state index in [1.165, 1.54) is 12.7 Å². The lowest BCUT2D eigenvalue weighted by Gasteiger charge is -2.11. The molecule has 0 spiro atoms. The fourth-order valence-electron chi connectivity index (χ4n) is 2.32. The summed E-state index contributed by atoms with van der Waals surface area (Å²) < 4.78 is 4.83. The van der Waals surface area contributed by atoms with E-state index in [9.17, 15) is 4.79 Å². The van der Waals surface area contributed by atoms with Crippen LogP contribution in [0, 0.1) is 11.8 Å². The van der Waals surface area contributed by atoms with E-state index in [1.54, 1.807) is 0 Å². The quantitative estimate of drug-likeness (QED) is 0.534. The van der Waals surface area contributed by atoms with Crippen LogP contribution in [0.5, 0.6) is 0 Å². The van der Waals surface area contributed by atoms with Crippen molar-refractivity contribution in [2.45, 2.75) is 39.4 Å². The summed E-state index contributed by atoms with van der Waals surface area (Å²) >= 11 is 0. The average molecular weight is 226 g/mol. The molecule has 0 radical (unpaired) electrons. The van der Waals surface area contributed by atoms with E-state index in [0.717, 1.165) is 12.8 Å². The van der Waals surface area contributed by atoms with Gasteiger partial charge in [-0.25, -0.2) is 0 Å². The molecule has 1 aliphatic carbocycles. The fraction of sp³-hybridized carbons (Fsp3) is 0.750. The van der Waals surface area contributed by atoms with Crippen molar-refractivity contribution in [1.82, 2.24) is 0 Å². The Labute approximate surface area is 93.7 Å². The van der Waals surface area contributed by atoms with Crippen LogP contribution in [-0.2, 0) is 9.53 Å². The van der Waals surface area contributed by atoms with Crippen molar-refractivity contribution >= 4 is 14.0 Å². The largest absolute Gasteiger partial charge is 0.469 e. The molecule has 15 heavy (non-hydrogen) atoms. The molecule has 0 N–H and O–H groups in total. The molecule has 2 nitrogen and oxygen atoms in total. The molecule has 0 saturated heterocycles. The zero-order valence-corrected chi connectivity index (χ0v) is 11.5. The highest BCUT2D eigenvalue weighted by atomic mass is 28.3. The maximum Gasteiger partial charge on any atom is 0.309 e. The fourth-order valence-corrected chi connectivity index (χ4v) is 3.78. The summed E-state index contributed by atoms with van der Waals surface area (Å²) in [7, 11) is 0.341. The molecule has 0 aromatic rings. The minimum absolute atomic E-state index is 0.0403. The summed E-state index contributed by atoms with van der Waals surface area (Å²) in [6.07, 6.45) is 1.99. The van der Waals surface area contributed by atoms with Crippen molar-refractivity contribution in [1.29, 1.82) is 0 Å². The van der Waals surface area contributed by atoms with E-state index in [0.29, 0.717) is 5.92 Å². The summed E-state index contributed by atoms with van der Waals surface area (Å²) in [6, 6.07) is 0. The van der Waals surface area contributed by atoms with Crippen LogP contribution in [0.4, 0.5) is 0 Å². The Morgan fingerprint density at radius 2 is 2.00 bits per heavy atom. The van der Waals surface area contributed by atoms with Crippen molar-refractivity contribution in [2.75, 3.05) is 7.11 Å². The van der Waals surface area contributed by atoms with Crippen LogP contribution >= 0.6 is 0 Å². The third-order valence-electron chi connectivity index (χ3n) is 2.89. The highest BCUT2D eigenvalue weighted by Crippen LogP contribution is 2.37. The van der Waals surface area contributed by atoms with Crippen molar-refractivity contribution in [3.63, 3.8) is 0 Å². The maximum absolute atomic E-state index is 11.5. The molecule has 0 unspecified atom stereocenters. The molecule has 2 atom stereocenters. The number of allylic oxidation sites excluding steroid dienone is 1. The summed E-state index contributed by atoms with van der Waals surface area (Å²) in [4.78, 5) is 11.5. The number of rotatable bonds is 2. The van der Waals surface area contributed by atoms with E-state index in [-0.39, 0.29) is 11.9 Å². The van der Waals surface area contributed by atoms with E-state index in [4.69, 9.17) is 4.74 Å². The van der Waals surface area contributed by atoms with E-state index in [1.807, 2.05) is 0 Å². The van der Waals surface area contributed by atoms with Gasteiger partial charge in [0.2, 0.25) is 0 Å². The number of hydrogen-bond donors (Lipinski definition) is 0. The van der Waals surface area contributed by atoms with Gasteiger partial charge in [0.25, 0.3) is 0 Å². The third kappa shape index (κ3) is 3.49. The zero-order chi connectivity index (χ0) is 11.6. The lowest BCUT2D eigenvalue weighted by molar-refractivity contribution is -0.146. The summed E-state index contributed by atoms with van der Waals surface area (Å²) in [5, 5.41) is 0. The Bertz CT molecular complexity index is 276. The minimum Gasteiger partial charge on any atom is -0.469 e. The van der Waals surface area contributed by atoms with Crippen LogP contribution in [0.2, 0.25) is 19.6 Å². The first-order valence-electron chi connectivity index (χ1n) is 5.62. The Balaban J connectivity index is 2.72. The first-order chi connectivity index (χ1) is 6.83. The second-order valence-corrected chi connectivity index (χ2v) is 10.7. The highest BCUT2D eigenvalue weighted by molar-refractivity contribution is 6.81. The molecule has 0 bridgehead atoms. The topological polar surface area (TPSA) is 26.3 Å². The van der Waals surface area contributed by atoms with Crippen LogP contribution in [0.1, 0.15) is 19.8 Å². The summed E-state index contributed by atoms with van der Waals surface area (Å²) in [6.45, 7) is 9.13. The van der Waals surface area contributed by atoms with Crippen molar-refractivity contribution in [2.24, 2.45) is 11.8 Å². The first-order valence-corrected chi connectivity index (χ1v) is 9.19. The molecular weight excluding hydrogens is 204 g/mol. The molecule has 0 amide bonds. The summed E-state index contributed by atoms with van der Waals surface area (Å²) in [5.74, 6) is 0.499. The normalized spacial score (nSPS) is 29.5. The monoisotopic (exact) mass is 226 g/mol. The Hall–Kier alpha value is -0.573. The van der Waals surface area contributed by atoms with Crippen LogP contribution in [0.15, 0.2) is 11.3 Å². The number of ether oxygens (including phenoxy) is 1. The van der Waals surface area contributed by atoms with E-state index >= 15 is 0 Å². The molecular formula is C12H22O2Si. The van der Waals surface area contributed by atoms with Gasteiger partial charge in [0.1, 0.15) is 0 Å². The minimum atomic E-state index is -1.14. The standard InChI is InChI=1S/C12H22O2Si/c1-9-6-10(8-15(3,4)5)7-11(9)12(13)14-2/h8-9,11H,6-7H2,1-5H3/b10-8-/t9-,11-/m1/s1. The molecule has 1 fully saturated rings. The lowest BCUT2D eigenvalue weighted by Crippen LogP contribution is -2.18. The van der Waals surface area contributed by atoms with Crippen LogP contribution < -0.4 is 0 Å². The second kappa shape index (κ2) is 4.52. The van der Waals surface area contributed by atoms with Gasteiger partial charge in [0, 0.05) is 0 Å². The number of carbonyl (C=O) groups excluding carboxylic acids is 1. The molecule has 1 saturated carbocycles. The van der Waals surface area contributed by atoms with Gasteiger partial charge in [0.15, 0.2) is 0 Å². The van der Waals surface area contributed by atoms with Crippen LogP contribution in [0.3, 0.4) is 0 Å². The SMILES string of the molecule is COC(=O)[C@@H]1C/C(=C\[Si](C)(C)C)C[C@H]1C. The van der Waals surface area contributed by atoms with Gasteiger partial charge in [0.05, 0.1) is 21.1 Å². The Kier molecular flexibility index (Phi) is 3.76. The molecule has 1 aliphatic rings. The maximum atomic E-state index is 11.5. The van der Waals surface area contributed by atoms with Gasteiger partial charge < -0.3 is 4.74 Å². The van der Waals surface area contributed by atoms with Gasteiger partial charge in [-0.05, 0) is 18.8 Å². The van der Waals surface area contributed by atoms with Gasteiger partial charge in [-0.15, -0.1) is 0 Å². The molecule has 1 rings (SSSR count). The predicted octanol–water partition coefficient (Wildman–Crippen LogP) is 3.01. The molecule has 0 aliphatic heterocycles. The summed E-state index contributed by atoms with van der Waals surface area (Å²) in [5.41, 5.74) is 3.91. The number of hydrogen-bond acceptors (Lipinski definition) is 2. The molecule has 0 aromatic carbocycles. The average Bonchev–Trinajstić information content (AvgIpc) is 2.42. The molecule has 0 heterocycles. The molecule has 86 valence electrons. The van der Waals surface area contributed by atoms with Crippen molar-refractivity contribution in [3.8, 4) is 0 Å². The molecule has 0 aromatic heterocycles. The Morgan fingerprint density at radius 1 is 1.40 bits per heavy atom. The first kappa shape index (κ1) is 12.5. The number of methoxy groups -OCH3 is 1. The van der Waals surface area contributed by atoms with Crippen LogP contribution in [0.25, 0.3) is 0 Å². The van der Waals surface area contributed by atoms with Crippen molar-refractivity contribution in [3.05, 3.63) is 11.3 Å². The Morgan fingerprint density at radius 3 is 2.47 bits per heavy atom. The molecule has 3 heteroatoms. The van der Waals surface area contributed by atoms with Crippen LogP contribution in [-0.4, -0.2) is 21.2 Å². The highest BCUT2D eigenvalue weighted by Gasteiger charge is 2.33. The zero-order valence-electron chi connectivity index (χ0n) is 10.5. The number of esters is 1. The van der Waals surface area contributed by atoms with Crippen molar-refractivity contribution < 1.29 is 9.53 Å². The smallest absolute Gasteiger partial charge is 0.309 e.